The highest BCUT2D eigenvalue weighted by molar-refractivity contribution is 5.94. The van der Waals surface area contributed by atoms with Crippen molar-refractivity contribution in [3.63, 3.8) is 0 Å². The predicted octanol–water partition coefficient (Wildman–Crippen LogP) is 3.63. The summed E-state index contributed by atoms with van der Waals surface area (Å²) in [5, 5.41) is 0. The second-order valence-corrected chi connectivity index (χ2v) is 7.14. The van der Waals surface area contributed by atoms with Crippen LogP contribution in [0.2, 0.25) is 0 Å². The number of nitrogens with zero attached hydrogens (tertiary/aromatic N) is 1. The molecule has 1 saturated heterocycles. The largest absolute Gasteiger partial charge is 0.461 e. The van der Waals surface area contributed by atoms with Crippen LogP contribution < -0.4 is 0 Å². The monoisotopic (exact) mass is 384 g/mol. The zero-order valence-corrected chi connectivity index (χ0v) is 16.8. The number of H-pyrrole nitrogens is 1. The molecule has 1 aliphatic heterocycles. The molecule has 1 fully saturated rings. The molecule has 1 atom stereocenters. The van der Waals surface area contributed by atoms with E-state index in [9.17, 15) is 9.59 Å². The number of nitrogens with one attached hydrogen (secondary N) is 1. The summed E-state index contributed by atoms with van der Waals surface area (Å²) in [7, 11) is 0. The number of aromatic nitrogens is 1. The Morgan fingerprint density at radius 3 is 2.64 bits per heavy atom. The van der Waals surface area contributed by atoms with Gasteiger partial charge in [0.05, 0.1) is 12.7 Å². The molecule has 1 amide bonds. The van der Waals surface area contributed by atoms with Crippen LogP contribution in [0, 0.1) is 13.8 Å². The van der Waals surface area contributed by atoms with E-state index in [2.05, 4.69) is 4.98 Å². The SMILES string of the molecule is CCOC(=O)c1[nH]c(C)c(CN(C[C@H]2CCCO2)C(=O)c2ccccc2)c1C. The summed E-state index contributed by atoms with van der Waals surface area (Å²) in [6.07, 6.45) is 2.03. The van der Waals surface area contributed by atoms with Crippen LogP contribution in [0.4, 0.5) is 0 Å². The minimum Gasteiger partial charge on any atom is -0.461 e. The van der Waals surface area contributed by atoms with Crippen LogP contribution in [0.25, 0.3) is 0 Å². The third-order valence-electron chi connectivity index (χ3n) is 5.18. The van der Waals surface area contributed by atoms with Crippen LogP contribution in [0.3, 0.4) is 0 Å². The Kier molecular flexibility index (Phi) is 6.52. The zero-order chi connectivity index (χ0) is 20.1. The van der Waals surface area contributed by atoms with Crippen molar-refractivity contribution in [3.05, 3.63) is 58.4 Å². The lowest BCUT2D eigenvalue weighted by atomic mass is 10.1. The number of aryl methyl sites for hydroxylation is 1. The molecule has 6 nitrogen and oxygen atoms in total. The van der Waals surface area contributed by atoms with Gasteiger partial charge < -0.3 is 19.4 Å². The maximum atomic E-state index is 13.2. The van der Waals surface area contributed by atoms with Gasteiger partial charge in [-0.1, -0.05) is 18.2 Å². The van der Waals surface area contributed by atoms with Gasteiger partial charge in [-0.25, -0.2) is 4.79 Å². The maximum absolute atomic E-state index is 13.2. The fourth-order valence-electron chi connectivity index (χ4n) is 3.64. The number of hydrogen-bond acceptors (Lipinski definition) is 4. The third kappa shape index (κ3) is 4.44. The van der Waals surface area contributed by atoms with Crippen molar-refractivity contribution >= 4 is 11.9 Å². The number of carbonyl (C=O) groups excluding carboxylic acids is 2. The molecule has 3 rings (SSSR count). The highest BCUT2D eigenvalue weighted by Gasteiger charge is 2.26. The first-order valence-corrected chi connectivity index (χ1v) is 9.82. The second-order valence-electron chi connectivity index (χ2n) is 7.14. The molecule has 1 aromatic carbocycles. The average molecular weight is 384 g/mol. The molecule has 1 N–H and O–H groups in total. The third-order valence-corrected chi connectivity index (χ3v) is 5.18. The quantitative estimate of drug-likeness (QED) is 0.740. The number of amides is 1. The molecule has 2 aromatic rings. The fraction of sp³-hybridized carbons (Fsp3) is 0.455. The highest BCUT2D eigenvalue weighted by atomic mass is 16.5. The van der Waals surface area contributed by atoms with Gasteiger partial charge in [-0.3, -0.25) is 4.79 Å². The summed E-state index contributed by atoms with van der Waals surface area (Å²) in [5.74, 6) is -0.400. The molecule has 1 aliphatic rings. The molecule has 2 heterocycles. The van der Waals surface area contributed by atoms with Gasteiger partial charge in [0.25, 0.3) is 5.91 Å². The number of rotatable bonds is 7. The minimum atomic E-state index is -0.366. The summed E-state index contributed by atoms with van der Waals surface area (Å²) >= 11 is 0. The number of benzene rings is 1. The number of esters is 1. The lowest BCUT2D eigenvalue weighted by Gasteiger charge is -2.26. The number of ether oxygens (including phenoxy) is 2. The van der Waals surface area contributed by atoms with Crippen LogP contribution >= 0.6 is 0 Å². The van der Waals surface area contributed by atoms with Gasteiger partial charge in [0.15, 0.2) is 0 Å². The van der Waals surface area contributed by atoms with Gasteiger partial charge in [-0.05, 0) is 56.9 Å². The van der Waals surface area contributed by atoms with Crippen LogP contribution in [-0.2, 0) is 16.0 Å². The van der Waals surface area contributed by atoms with E-state index in [1.807, 2.05) is 49.1 Å². The Labute approximate surface area is 165 Å². The first-order chi connectivity index (χ1) is 13.5. The standard InChI is InChI=1S/C22H28N2O4/c1-4-27-22(26)20-15(2)19(16(3)23-20)14-24(13-18-11-8-12-28-18)21(25)17-9-6-5-7-10-17/h5-7,9-10,18,23H,4,8,11-14H2,1-3H3/t18-/m1/s1. The molecule has 0 unspecified atom stereocenters. The number of hydrogen-bond donors (Lipinski definition) is 1. The number of aromatic amines is 1. The van der Waals surface area contributed by atoms with Gasteiger partial charge in [0, 0.05) is 31.0 Å². The van der Waals surface area contributed by atoms with Gasteiger partial charge >= 0.3 is 5.97 Å². The fourth-order valence-corrected chi connectivity index (χ4v) is 3.64. The molecule has 0 spiro atoms. The van der Waals surface area contributed by atoms with Crippen LogP contribution in [0.1, 0.15) is 57.4 Å². The van der Waals surface area contributed by atoms with Crippen LogP contribution in [0.5, 0.6) is 0 Å². The van der Waals surface area contributed by atoms with E-state index < -0.39 is 0 Å². The van der Waals surface area contributed by atoms with E-state index in [1.165, 1.54) is 0 Å². The van der Waals surface area contributed by atoms with Crippen molar-refractivity contribution in [2.45, 2.75) is 46.3 Å². The van der Waals surface area contributed by atoms with Gasteiger partial charge in [0.1, 0.15) is 5.69 Å². The summed E-state index contributed by atoms with van der Waals surface area (Å²) in [6.45, 7) is 7.61. The molecule has 1 aromatic heterocycles. The Balaban J connectivity index is 1.87. The van der Waals surface area contributed by atoms with Crippen molar-refractivity contribution in [2.24, 2.45) is 0 Å². The summed E-state index contributed by atoms with van der Waals surface area (Å²) in [6, 6.07) is 9.27. The first-order valence-electron chi connectivity index (χ1n) is 9.82. The first kappa shape index (κ1) is 20.1. The summed E-state index contributed by atoms with van der Waals surface area (Å²) in [4.78, 5) is 30.3. The molecule has 150 valence electrons. The molecule has 0 aliphatic carbocycles. The number of carbonyl (C=O) groups is 2. The van der Waals surface area contributed by atoms with Crippen LogP contribution in [0.15, 0.2) is 30.3 Å². The van der Waals surface area contributed by atoms with Gasteiger partial charge in [-0.15, -0.1) is 0 Å². The predicted molar refractivity (Wildman–Crippen MR) is 106 cm³/mol. The second kappa shape index (κ2) is 9.06. The van der Waals surface area contributed by atoms with Crippen molar-refractivity contribution in [2.75, 3.05) is 19.8 Å². The Morgan fingerprint density at radius 2 is 2.00 bits per heavy atom. The van der Waals surface area contributed by atoms with Gasteiger partial charge in [-0.2, -0.15) is 0 Å². The smallest absolute Gasteiger partial charge is 0.355 e. The molecule has 0 bridgehead atoms. The van der Waals surface area contributed by atoms with Crippen molar-refractivity contribution < 1.29 is 19.1 Å². The maximum Gasteiger partial charge on any atom is 0.355 e. The van der Waals surface area contributed by atoms with Crippen molar-refractivity contribution in [3.8, 4) is 0 Å². The van der Waals surface area contributed by atoms with E-state index >= 15 is 0 Å². The van der Waals surface area contributed by atoms with E-state index in [0.717, 1.165) is 36.3 Å². The highest BCUT2D eigenvalue weighted by Crippen LogP contribution is 2.23. The lowest BCUT2D eigenvalue weighted by Crippen LogP contribution is -2.37. The summed E-state index contributed by atoms with van der Waals surface area (Å²) in [5.41, 5.74) is 3.76. The van der Waals surface area contributed by atoms with E-state index in [1.54, 1.807) is 6.92 Å². The topological polar surface area (TPSA) is 71.6 Å². The van der Waals surface area contributed by atoms with E-state index in [-0.39, 0.29) is 18.0 Å². The van der Waals surface area contributed by atoms with Crippen LogP contribution in [-0.4, -0.2) is 47.6 Å². The van der Waals surface area contributed by atoms with Gasteiger partial charge in [0.2, 0.25) is 0 Å². The average Bonchev–Trinajstić information content (AvgIpc) is 3.31. The molecule has 0 saturated carbocycles. The lowest BCUT2D eigenvalue weighted by molar-refractivity contribution is 0.0506. The Bertz CT molecular complexity index is 823. The molecule has 28 heavy (non-hydrogen) atoms. The Morgan fingerprint density at radius 1 is 1.25 bits per heavy atom. The zero-order valence-electron chi connectivity index (χ0n) is 16.8. The van der Waals surface area contributed by atoms with E-state index in [4.69, 9.17) is 9.47 Å². The molecular formula is C22H28N2O4. The Hall–Kier alpha value is -2.60. The summed E-state index contributed by atoms with van der Waals surface area (Å²) < 4.78 is 10.9. The minimum absolute atomic E-state index is 0.0335. The normalized spacial score (nSPS) is 16.2. The molecule has 0 radical (unpaired) electrons. The van der Waals surface area contributed by atoms with E-state index in [0.29, 0.717) is 31.0 Å². The van der Waals surface area contributed by atoms with Crippen molar-refractivity contribution in [1.29, 1.82) is 0 Å². The molecule has 6 heteroatoms. The molecular weight excluding hydrogens is 356 g/mol. The van der Waals surface area contributed by atoms with Crippen molar-refractivity contribution in [1.82, 2.24) is 9.88 Å².